The van der Waals surface area contributed by atoms with E-state index in [0.717, 1.165) is 5.56 Å². The summed E-state index contributed by atoms with van der Waals surface area (Å²) in [6.07, 6.45) is 0. The summed E-state index contributed by atoms with van der Waals surface area (Å²) in [5, 5.41) is 9.96. The molecule has 0 aliphatic carbocycles. The lowest BCUT2D eigenvalue weighted by molar-refractivity contribution is 0.0533. The molecule has 1 aliphatic rings. The maximum atomic E-state index is 13.3. The van der Waals surface area contributed by atoms with E-state index in [0.29, 0.717) is 43.0 Å². The van der Waals surface area contributed by atoms with Crippen LogP contribution in [0.5, 0.6) is 5.75 Å². The lowest BCUT2D eigenvalue weighted by Crippen LogP contribution is -2.50. The maximum Gasteiger partial charge on any atom is 0.261 e. The van der Waals surface area contributed by atoms with Gasteiger partial charge in [0.15, 0.2) is 0 Å². The Labute approximate surface area is 204 Å². The van der Waals surface area contributed by atoms with Crippen LogP contribution in [0, 0.1) is 13.8 Å². The van der Waals surface area contributed by atoms with Gasteiger partial charge in [-0.25, -0.2) is 8.42 Å². The molecule has 3 aromatic rings. The van der Waals surface area contributed by atoms with Crippen molar-refractivity contribution in [3.8, 4) is 5.75 Å². The molecule has 0 aromatic heterocycles. The smallest absolute Gasteiger partial charge is 0.261 e. The van der Waals surface area contributed by atoms with E-state index in [4.69, 9.17) is 0 Å². The summed E-state index contributed by atoms with van der Waals surface area (Å²) in [4.78, 5) is 29.2. The van der Waals surface area contributed by atoms with E-state index in [2.05, 4.69) is 4.72 Å². The van der Waals surface area contributed by atoms with Crippen LogP contribution in [-0.4, -0.2) is 61.3 Å². The van der Waals surface area contributed by atoms with Crippen LogP contribution in [0.1, 0.15) is 31.8 Å². The Bertz CT molecular complexity index is 1380. The molecule has 1 heterocycles. The molecule has 0 saturated carbocycles. The number of phenolic OH excluding ortho intramolecular Hbond substituents is 1. The fourth-order valence-electron chi connectivity index (χ4n) is 4.03. The highest BCUT2D eigenvalue weighted by Gasteiger charge is 2.28. The zero-order valence-corrected chi connectivity index (χ0v) is 20.4. The van der Waals surface area contributed by atoms with E-state index in [1.54, 1.807) is 59.2 Å². The van der Waals surface area contributed by atoms with Crippen LogP contribution in [0.4, 0.5) is 5.69 Å². The normalized spacial score (nSPS) is 14.0. The molecule has 0 radical (unpaired) electrons. The number of rotatable bonds is 5. The Balaban J connectivity index is 1.48. The lowest BCUT2D eigenvalue weighted by atomic mass is 10.1. The van der Waals surface area contributed by atoms with Crippen molar-refractivity contribution in [2.45, 2.75) is 18.7 Å². The molecule has 0 atom stereocenters. The lowest BCUT2D eigenvalue weighted by Gasteiger charge is -2.35. The number of hydrogen-bond donors (Lipinski definition) is 2. The van der Waals surface area contributed by atoms with Crippen molar-refractivity contribution in [2.75, 3.05) is 30.9 Å². The van der Waals surface area contributed by atoms with E-state index >= 15 is 0 Å². The number of benzene rings is 3. The number of carbonyl (C=O) groups excluding carboxylic acids is 2. The number of amides is 2. The topological polar surface area (TPSA) is 107 Å². The van der Waals surface area contributed by atoms with Gasteiger partial charge >= 0.3 is 0 Å². The first-order valence-electron chi connectivity index (χ1n) is 11.2. The van der Waals surface area contributed by atoms with Crippen LogP contribution in [0.2, 0.25) is 0 Å². The number of phenols is 1. The second-order valence-corrected chi connectivity index (χ2v) is 10.2. The van der Waals surface area contributed by atoms with Crippen LogP contribution < -0.4 is 4.72 Å². The molecule has 0 spiro atoms. The largest absolute Gasteiger partial charge is 0.507 e. The molecule has 0 unspecified atom stereocenters. The number of piperazine rings is 1. The number of aryl methyl sites for hydroxylation is 2. The van der Waals surface area contributed by atoms with Crippen molar-refractivity contribution in [3.63, 3.8) is 0 Å². The number of aromatic hydroxyl groups is 1. The van der Waals surface area contributed by atoms with Crippen LogP contribution in [0.15, 0.2) is 71.6 Å². The minimum Gasteiger partial charge on any atom is -0.507 e. The van der Waals surface area contributed by atoms with Gasteiger partial charge in [-0.05, 0) is 61.4 Å². The highest BCUT2D eigenvalue weighted by atomic mass is 32.2. The van der Waals surface area contributed by atoms with Crippen molar-refractivity contribution >= 4 is 27.5 Å². The molecule has 3 aromatic carbocycles. The molecular formula is C26H27N3O5S. The van der Waals surface area contributed by atoms with E-state index in [9.17, 15) is 23.1 Å². The van der Waals surface area contributed by atoms with E-state index < -0.39 is 10.0 Å². The Hall–Kier alpha value is -3.85. The fraction of sp³-hybridized carbons (Fsp3) is 0.231. The molecule has 8 nitrogen and oxygen atoms in total. The van der Waals surface area contributed by atoms with Gasteiger partial charge in [-0.1, -0.05) is 30.3 Å². The van der Waals surface area contributed by atoms with Crippen molar-refractivity contribution < 1.29 is 23.1 Å². The SMILES string of the molecule is Cc1cccc(NS(=O)(=O)c2ccc(C)c(C(=O)N3CCN(C(=O)c4ccccc4O)CC3)c2)c1. The van der Waals surface area contributed by atoms with Crippen LogP contribution >= 0.6 is 0 Å². The Morgan fingerprint density at radius 2 is 1.43 bits per heavy atom. The molecule has 1 aliphatic heterocycles. The van der Waals surface area contributed by atoms with E-state index in [1.807, 2.05) is 13.0 Å². The maximum absolute atomic E-state index is 13.3. The first-order chi connectivity index (χ1) is 16.7. The number of para-hydroxylation sites is 1. The highest BCUT2D eigenvalue weighted by Crippen LogP contribution is 2.23. The van der Waals surface area contributed by atoms with Crippen LogP contribution in [0.25, 0.3) is 0 Å². The molecule has 9 heteroatoms. The summed E-state index contributed by atoms with van der Waals surface area (Å²) in [5.41, 5.74) is 2.56. The van der Waals surface area contributed by atoms with E-state index in [-0.39, 0.29) is 28.0 Å². The quantitative estimate of drug-likeness (QED) is 0.567. The third-order valence-corrected chi connectivity index (χ3v) is 7.39. The molecule has 1 saturated heterocycles. The Morgan fingerprint density at radius 1 is 0.800 bits per heavy atom. The standard InChI is InChI=1S/C26H27N3O5S/c1-18-6-5-7-20(16-18)27-35(33,34)21-11-10-19(2)23(17-21)26(32)29-14-12-28(13-15-29)25(31)22-8-3-4-9-24(22)30/h3-11,16-17,27,30H,12-15H2,1-2H3. The van der Waals surface area contributed by atoms with Gasteiger partial charge in [-0.3, -0.25) is 14.3 Å². The molecule has 182 valence electrons. The number of sulfonamides is 1. The predicted octanol–water partition coefficient (Wildman–Crippen LogP) is 3.41. The molecule has 1 fully saturated rings. The van der Waals surface area contributed by atoms with Crippen LogP contribution in [0.3, 0.4) is 0 Å². The predicted molar refractivity (Wildman–Crippen MR) is 133 cm³/mol. The summed E-state index contributed by atoms with van der Waals surface area (Å²) in [5.74, 6) is -0.657. The summed E-state index contributed by atoms with van der Waals surface area (Å²) in [7, 11) is -3.89. The molecule has 4 rings (SSSR count). The zero-order chi connectivity index (χ0) is 25.2. The van der Waals surface area contributed by atoms with Gasteiger partial charge in [-0.2, -0.15) is 0 Å². The number of carbonyl (C=O) groups is 2. The third kappa shape index (κ3) is 5.30. The number of anilines is 1. The monoisotopic (exact) mass is 493 g/mol. The van der Waals surface area contributed by atoms with Gasteiger partial charge in [-0.15, -0.1) is 0 Å². The van der Waals surface area contributed by atoms with Gasteiger partial charge in [0.2, 0.25) is 0 Å². The third-order valence-electron chi connectivity index (χ3n) is 6.01. The average molecular weight is 494 g/mol. The Morgan fingerprint density at radius 3 is 2.06 bits per heavy atom. The summed E-state index contributed by atoms with van der Waals surface area (Å²) in [6.45, 7) is 4.86. The van der Waals surface area contributed by atoms with Gasteiger partial charge in [0.1, 0.15) is 5.75 Å². The summed E-state index contributed by atoms with van der Waals surface area (Å²) in [6, 6.07) is 17.9. The first kappa shape index (κ1) is 24.3. The van der Waals surface area contributed by atoms with Gasteiger partial charge in [0.25, 0.3) is 21.8 Å². The highest BCUT2D eigenvalue weighted by molar-refractivity contribution is 7.92. The number of nitrogens with zero attached hydrogens (tertiary/aromatic N) is 2. The molecule has 35 heavy (non-hydrogen) atoms. The molecule has 2 amide bonds. The zero-order valence-electron chi connectivity index (χ0n) is 19.6. The van der Waals surface area contributed by atoms with Gasteiger partial charge < -0.3 is 14.9 Å². The second kappa shape index (κ2) is 9.79. The van der Waals surface area contributed by atoms with E-state index in [1.165, 1.54) is 18.2 Å². The molecule has 2 N–H and O–H groups in total. The number of hydrogen-bond acceptors (Lipinski definition) is 5. The van der Waals surface area contributed by atoms with Crippen molar-refractivity contribution in [1.29, 1.82) is 0 Å². The van der Waals surface area contributed by atoms with Crippen molar-refractivity contribution in [3.05, 3.63) is 89.0 Å². The van der Waals surface area contributed by atoms with Gasteiger partial charge in [0.05, 0.1) is 10.5 Å². The number of nitrogens with one attached hydrogen (secondary N) is 1. The summed E-state index contributed by atoms with van der Waals surface area (Å²) < 4.78 is 28.5. The minimum atomic E-state index is -3.89. The molecular weight excluding hydrogens is 466 g/mol. The fourth-order valence-corrected chi connectivity index (χ4v) is 5.10. The second-order valence-electron chi connectivity index (χ2n) is 8.55. The van der Waals surface area contributed by atoms with Crippen molar-refractivity contribution in [2.24, 2.45) is 0 Å². The van der Waals surface area contributed by atoms with Crippen molar-refractivity contribution in [1.82, 2.24) is 9.80 Å². The molecule has 0 bridgehead atoms. The Kier molecular flexibility index (Phi) is 6.79. The first-order valence-corrected chi connectivity index (χ1v) is 12.7. The average Bonchev–Trinajstić information content (AvgIpc) is 2.83. The van der Waals surface area contributed by atoms with Crippen LogP contribution in [-0.2, 0) is 10.0 Å². The minimum absolute atomic E-state index is 0.00122. The summed E-state index contributed by atoms with van der Waals surface area (Å²) >= 11 is 0. The van der Waals surface area contributed by atoms with Gasteiger partial charge in [0, 0.05) is 37.4 Å².